The van der Waals surface area contributed by atoms with Gasteiger partial charge in [0.25, 0.3) is 11.8 Å². The number of nitrogens with two attached hydrogens (primary N) is 1. The number of β-lactam (4-membered cyclic amide) rings is 1. The van der Waals surface area contributed by atoms with Gasteiger partial charge in [-0.2, -0.15) is 0 Å². The Bertz CT molecular complexity index is 1290. The van der Waals surface area contributed by atoms with Crippen molar-refractivity contribution in [3.63, 3.8) is 0 Å². The zero-order valence-corrected chi connectivity index (χ0v) is 20.0. The third-order valence-electron chi connectivity index (χ3n) is 5.36. The molecule has 0 aliphatic carbocycles. The first kappa shape index (κ1) is 24.5. The van der Waals surface area contributed by atoms with Gasteiger partial charge in [0.05, 0.1) is 19.7 Å². The van der Waals surface area contributed by atoms with Crippen LogP contribution in [-0.4, -0.2) is 83.8 Å². The molecular weight excluding hydrogens is 500 g/mol. The first-order valence-corrected chi connectivity index (χ1v) is 12.1. The summed E-state index contributed by atoms with van der Waals surface area (Å²) in [6, 6.07) is 0.567. The van der Waals surface area contributed by atoms with Crippen molar-refractivity contribution in [2.75, 3.05) is 25.2 Å². The number of nitrogens with zero attached hydrogens (tertiary/aromatic N) is 5. The Hall–Kier alpha value is -3.63. The number of carbonyl (C=O) groups is 3. The molecule has 2 aromatic rings. The van der Waals surface area contributed by atoms with Gasteiger partial charge in [0.1, 0.15) is 35.4 Å². The first-order valence-electron chi connectivity index (χ1n) is 10.2. The average molecular weight is 523 g/mol. The molecule has 4 rings (SSSR count). The normalized spacial score (nSPS) is 19.9. The van der Waals surface area contributed by atoms with E-state index in [9.17, 15) is 24.6 Å². The molecule has 1 unspecified atom stereocenters. The maximum Gasteiger partial charge on any atom is 0.352 e. The number of hydrogen-bond donors (Lipinski definition) is 5. The third kappa shape index (κ3) is 4.54. The van der Waals surface area contributed by atoms with Crippen molar-refractivity contribution >= 4 is 51.7 Å². The predicted molar refractivity (Wildman–Crippen MR) is 125 cm³/mol. The molecule has 0 bridgehead atoms. The highest BCUT2D eigenvalue weighted by Gasteiger charge is 2.54. The van der Waals surface area contributed by atoms with Crippen molar-refractivity contribution in [2.24, 2.45) is 5.16 Å². The van der Waals surface area contributed by atoms with E-state index in [1.165, 1.54) is 35.0 Å². The standard InChI is InChI=1S/C19H22N8O6S2/c1-33-24-12(10-8-35-19(21)22-10)15(29)23-13-16(30)27-14(18(31)32)9(7-34-17(13)27)6-25-3-2-11(20)26(25)4-5-28/h2-3,8,13,17,20,28H,4-7H2,1H3,(H2,21,22)(H,23,29)(H,31,32)/b20-11?,24-12-/t13?,17-/m0/s1. The first-order chi connectivity index (χ1) is 16.8. The number of carboxylic acids is 1. The van der Waals surface area contributed by atoms with Crippen molar-refractivity contribution in [3.05, 3.63) is 40.1 Å². The van der Waals surface area contributed by atoms with Gasteiger partial charge in [-0.05, 0) is 11.6 Å². The molecule has 1 saturated heterocycles. The van der Waals surface area contributed by atoms with Crippen LogP contribution in [0.3, 0.4) is 0 Å². The van der Waals surface area contributed by atoms with Crippen LogP contribution >= 0.6 is 23.1 Å². The highest BCUT2D eigenvalue weighted by atomic mass is 32.2. The van der Waals surface area contributed by atoms with Gasteiger partial charge in [0, 0.05) is 17.3 Å². The van der Waals surface area contributed by atoms with Gasteiger partial charge in [0.15, 0.2) is 10.8 Å². The molecule has 0 saturated carbocycles. The van der Waals surface area contributed by atoms with Gasteiger partial charge in [-0.15, -0.1) is 23.1 Å². The van der Waals surface area contributed by atoms with E-state index in [4.69, 9.17) is 16.0 Å². The number of aromatic nitrogens is 3. The largest absolute Gasteiger partial charge is 0.477 e. The van der Waals surface area contributed by atoms with E-state index in [1.807, 2.05) is 0 Å². The molecule has 1 fully saturated rings. The number of nitrogens with one attached hydrogen (secondary N) is 2. The highest BCUT2D eigenvalue weighted by molar-refractivity contribution is 8.00. The summed E-state index contributed by atoms with van der Waals surface area (Å²) in [5, 5.41) is 34.5. The Morgan fingerprint density at radius 1 is 1.46 bits per heavy atom. The number of anilines is 1. The lowest BCUT2D eigenvalue weighted by atomic mass is 10.0. The number of carbonyl (C=O) groups excluding carboxylic acids is 2. The molecule has 2 atom stereocenters. The number of aliphatic hydroxyl groups excluding tert-OH is 1. The van der Waals surface area contributed by atoms with Crippen molar-refractivity contribution in [1.82, 2.24) is 24.6 Å². The van der Waals surface area contributed by atoms with Crippen molar-refractivity contribution in [2.45, 2.75) is 24.5 Å². The fourth-order valence-electron chi connectivity index (χ4n) is 3.85. The van der Waals surface area contributed by atoms with Gasteiger partial charge in [-0.1, -0.05) is 5.16 Å². The second kappa shape index (κ2) is 9.93. The summed E-state index contributed by atoms with van der Waals surface area (Å²) in [6.07, 6.45) is 1.62. The number of rotatable bonds is 9. The quantitative estimate of drug-likeness (QED) is 0.149. The number of amides is 2. The molecule has 2 aromatic heterocycles. The number of oxime groups is 1. The van der Waals surface area contributed by atoms with E-state index in [1.54, 1.807) is 10.9 Å². The Morgan fingerprint density at radius 3 is 2.86 bits per heavy atom. The number of aliphatic carboxylic acids is 1. The minimum Gasteiger partial charge on any atom is -0.477 e. The molecule has 2 aliphatic heterocycles. The molecule has 6 N–H and O–H groups in total. The van der Waals surface area contributed by atoms with Crippen molar-refractivity contribution < 1.29 is 29.4 Å². The van der Waals surface area contributed by atoms with Crippen molar-refractivity contribution in [3.8, 4) is 0 Å². The van der Waals surface area contributed by atoms with Crippen molar-refractivity contribution in [1.29, 1.82) is 5.41 Å². The fourth-order valence-corrected chi connectivity index (χ4v) is 5.73. The molecule has 0 radical (unpaired) electrons. The van der Waals surface area contributed by atoms with E-state index in [0.29, 0.717) is 5.57 Å². The SMILES string of the molecule is CO/N=C(\C(=O)NC1C(=O)N2C(C(=O)O)=C(Cn3ccc(=N)n3CCO)CS[C@@H]12)c1csc(N)n1. The van der Waals surface area contributed by atoms with E-state index < -0.39 is 29.2 Å². The van der Waals surface area contributed by atoms with E-state index in [-0.39, 0.29) is 53.2 Å². The Balaban J connectivity index is 1.55. The molecule has 0 spiro atoms. The Kier molecular flexibility index (Phi) is 6.95. The summed E-state index contributed by atoms with van der Waals surface area (Å²) in [5.41, 5.74) is 6.14. The molecule has 2 amide bonds. The lowest BCUT2D eigenvalue weighted by Crippen LogP contribution is -2.71. The summed E-state index contributed by atoms with van der Waals surface area (Å²) < 4.78 is 3.13. The topological polar surface area (TPSA) is 201 Å². The molecular formula is C19H22N8O6S2. The van der Waals surface area contributed by atoms with Gasteiger partial charge in [-0.25, -0.2) is 9.78 Å². The number of thiazole rings is 1. The second-order valence-corrected chi connectivity index (χ2v) is 9.45. The molecule has 4 heterocycles. The summed E-state index contributed by atoms with van der Waals surface area (Å²) in [6.45, 7) is 0.108. The molecule has 2 aliphatic rings. The number of thioether (sulfide) groups is 1. The fraction of sp³-hybridized carbons (Fsp3) is 0.368. The molecule has 35 heavy (non-hydrogen) atoms. The number of carboxylic acid groups (broad SMARTS) is 1. The maximum absolute atomic E-state index is 13.0. The maximum atomic E-state index is 13.0. The number of hydrogen-bond acceptors (Lipinski definition) is 11. The average Bonchev–Trinajstić information content (AvgIpc) is 3.41. The number of aliphatic hydroxyl groups is 1. The minimum absolute atomic E-state index is 0.122. The van der Waals surface area contributed by atoms with Crippen LogP contribution in [0.25, 0.3) is 0 Å². The van der Waals surface area contributed by atoms with Gasteiger partial charge in [-0.3, -0.25) is 29.3 Å². The number of fused-ring (bicyclic) bond motifs is 1. The molecule has 186 valence electrons. The zero-order chi connectivity index (χ0) is 25.3. The van der Waals surface area contributed by atoms with Crippen LogP contribution in [0.2, 0.25) is 0 Å². The Labute approximate surface area is 206 Å². The van der Waals surface area contributed by atoms with Gasteiger partial charge >= 0.3 is 5.97 Å². The Morgan fingerprint density at radius 2 is 2.23 bits per heavy atom. The van der Waals surface area contributed by atoms with Crippen LogP contribution in [0.15, 0.2) is 34.1 Å². The smallest absolute Gasteiger partial charge is 0.352 e. The zero-order valence-electron chi connectivity index (χ0n) is 18.4. The minimum atomic E-state index is -1.27. The predicted octanol–water partition coefficient (Wildman–Crippen LogP) is -1.41. The second-order valence-electron chi connectivity index (χ2n) is 7.46. The highest BCUT2D eigenvalue weighted by Crippen LogP contribution is 2.40. The monoisotopic (exact) mass is 522 g/mol. The summed E-state index contributed by atoms with van der Waals surface area (Å²) in [7, 11) is 1.26. The van der Waals surface area contributed by atoms with E-state index in [0.717, 1.165) is 16.2 Å². The summed E-state index contributed by atoms with van der Waals surface area (Å²) in [4.78, 5) is 47.8. The lowest BCUT2D eigenvalue weighted by Gasteiger charge is -2.49. The number of nitrogen functional groups attached to an aromatic ring is 1. The molecule has 14 nitrogen and oxygen atoms in total. The van der Waals surface area contributed by atoms with Crippen LogP contribution in [0.4, 0.5) is 5.13 Å². The van der Waals surface area contributed by atoms with E-state index >= 15 is 0 Å². The summed E-state index contributed by atoms with van der Waals surface area (Å²) in [5.74, 6) is -2.26. The van der Waals surface area contributed by atoms with Crippen LogP contribution in [-0.2, 0) is 32.3 Å². The molecule has 16 heteroatoms. The molecule has 0 aromatic carbocycles. The summed E-state index contributed by atoms with van der Waals surface area (Å²) >= 11 is 2.43. The lowest BCUT2D eigenvalue weighted by molar-refractivity contribution is -0.150. The van der Waals surface area contributed by atoms with Crippen LogP contribution in [0.5, 0.6) is 0 Å². The van der Waals surface area contributed by atoms with Gasteiger partial charge in [0.2, 0.25) is 0 Å². The van der Waals surface area contributed by atoms with Crippen LogP contribution in [0.1, 0.15) is 5.69 Å². The van der Waals surface area contributed by atoms with Crippen LogP contribution in [0, 0.1) is 5.41 Å². The van der Waals surface area contributed by atoms with Gasteiger partial charge < -0.3 is 26.1 Å². The van der Waals surface area contributed by atoms with Crippen LogP contribution < -0.4 is 16.5 Å². The van der Waals surface area contributed by atoms with E-state index in [2.05, 4.69) is 15.5 Å². The third-order valence-corrected chi connectivity index (χ3v) is 7.37.